The number of fused-ring (bicyclic) bond motifs is 1. The van der Waals surface area contributed by atoms with Gasteiger partial charge < -0.3 is 10.6 Å². The van der Waals surface area contributed by atoms with Crippen molar-refractivity contribution in [3.05, 3.63) is 64.2 Å². The van der Waals surface area contributed by atoms with Gasteiger partial charge in [-0.05, 0) is 18.6 Å². The molecule has 0 spiro atoms. The van der Waals surface area contributed by atoms with Crippen molar-refractivity contribution in [3.63, 3.8) is 0 Å². The molecule has 0 aliphatic carbocycles. The second kappa shape index (κ2) is 6.91. The molecular formula is C17H17N5O2. The quantitative estimate of drug-likeness (QED) is 0.532. The summed E-state index contributed by atoms with van der Waals surface area (Å²) < 4.78 is 0. The molecule has 0 amide bonds. The Kier molecular flexibility index (Phi) is 4.51. The zero-order valence-corrected chi connectivity index (χ0v) is 13.2. The van der Waals surface area contributed by atoms with E-state index in [1.54, 1.807) is 6.07 Å². The second-order valence-electron chi connectivity index (χ2n) is 5.22. The van der Waals surface area contributed by atoms with Crippen LogP contribution in [0.25, 0.3) is 10.9 Å². The molecule has 7 heteroatoms. The zero-order chi connectivity index (χ0) is 16.9. The van der Waals surface area contributed by atoms with E-state index < -0.39 is 4.92 Å². The minimum atomic E-state index is -0.420. The number of aromatic nitrogens is 2. The van der Waals surface area contributed by atoms with Gasteiger partial charge in [0.25, 0.3) is 5.69 Å². The fourth-order valence-electron chi connectivity index (χ4n) is 2.39. The van der Waals surface area contributed by atoms with Gasteiger partial charge >= 0.3 is 0 Å². The topological polar surface area (TPSA) is 93.0 Å². The summed E-state index contributed by atoms with van der Waals surface area (Å²) in [6, 6.07) is 14.5. The summed E-state index contributed by atoms with van der Waals surface area (Å²) in [5.41, 5.74) is 1.80. The monoisotopic (exact) mass is 323 g/mol. The number of hydrogen-bond acceptors (Lipinski definition) is 6. The first kappa shape index (κ1) is 15.7. The van der Waals surface area contributed by atoms with E-state index in [-0.39, 0.29) is 5.69 Å². The molecule has 0 saturated carbocycles. The van der Waals surface area contributed by atoms with Gasteiger partial charge in [-0.1, -0.05) is 30.3 Å². The Balaban J connectivity index is 1.94. The minimum absolute atomic E-state index is 0.0234. The Labute approximate surface area is 138 Å². The number of rotatable bonds is 6. The molecular weight excluding hydrogens is 306 g/mol. The highest BCUT2D eigenvalue weighted by Gasteiger charge is 2.12. The maximum absolute atomic E-state index is 11.0. The van der Waals surface area contributed by atoms with Crippen LogP contribution in [0, 0.1) is 10.1 Å². The van der Waals surface area contributed by atoms with Crippen LogP contribution in [0.1, 0.15) is 12.5 Å². The van der Waals surface area contributed by atoms with Crippen LogP contribution in [0.4, 0.5) is 17.5 Å². The summed E-state index contributed by atoms with van der Waals surface area (Å²) in [7, 11) is 0. The number of nitro benzene ring substituents is 1. The van der Waals surface area contributed by atoms with Crippen molar-refractivity contribution in [1.29, 1.82) is 0 Å². The van der Waals surface area contributed by atoms with Crippen molar-refractivity contribution in [3.8, 4) is 0 Å². The number of anilines is 2. The van der Waals surface area contributed by atoms with Crippen molar-refractivity contribution >= 4 is 28.4 Å². The summed E-state index contributed by atoms with van der Waals surface area (Å²) in [5.74, 6) is 1.07. The molecule has 0 aliphatic rings. The molecule has 1 heterocycles. The smallest absolute Gasteiger partial charge is 0.270 e. The summed E-state index contributed by atoms with van der Waals surface area (Å²) in [5, 5.41) is 17.9. The van der Waals surface area contributed by atoms with Crippen LogP contribution in [-0.4, -0.2) is 21.4 Å². The predicted molar refractivity (Wildman–Crippen MR) is 94.1 cm³/mol. The van der Waals surface area contributed by atoms with Crippen molar-refractivity contribution in [1.82, 2.24) is 9.97 Å². The number of benzene rings is 2. The van der Waals surface area contributed by atoms with E-state index in [0.29, 0.717) is 35.8 Å². The first-order valence-electron chi connectivity index (χ1n) is 7.65. The van der Waals surface area contributed by atoms with Gasteiger partial charge in [-0.3, -0.25) is 10.1 Å². The average molecular weight is 323 g/mol. The van der Waals surface area contributed by atoms with E-state index in [0.717, 1.165) is 5.56 Å². The number of nitrogens with zero attached hydrogens (tertiary/aromatic N) is 3. The highest BCUT2D eigenvalue weighted by molar-refractivity contribution is 5.91. The molecule has 3 rings (SSSR count). The molecule has 0 aliphatic heterocycles. The average Bonchev–Trinajstić information content (AvgIpc) is 2.60. The molecule has 7 nitrogen and oxygen atoms in total. The third-order valence-corrected chi connectivity index (χ3v) is 3.53. The highest BCUT2D eigenvalue weighted by atomic mass is 16.6. The summed E-state index contributed by atoms with van der Waals surface area (Å²) in [6.07, 6.45) is 0. The molecule has 0 radical (unpaired) electrons. The van der Waals surface area contributed by atoms with E-state index in [2.05, 4.69) is 20.6 Å². The Morgan fingerprint density at radius 2 is 1.88 bits per heavy atom. The second-order valence-corrected chi connectivity index (χ2v) is 5.22. The third kappa shape index (κ3) is 3.40. The summed E-state index contributed by atoms with van der Waals surface area (Å²) >= 11 is 0. The lowest BCUT2D eigenvalue weighted by molar-refractivity contribution is -0.384. The Morgan fingerprint density at radius 3 is 2.58 bits per heavy atom. The third-order valence-electron chi connectivity index (χ3n) is 3.53. The Morgan fingerprint density at radius 1 is 1.08 bits per heavy atom. The molecule has 2 aromatic carbocycles. The van der Waals surface area contributed by atoms with Crippen LogP contribution < -0.4 is 10.6 Å². The molecule has 2 N–H and O–H groups in total. The van der Waals surface area contributed by atoms with Gasteiger partial charge in [0.05, 0.1) is 10.4 Å². The van der Waals surface area contributed by atoms with Gasteiger partial charge in [-0.15, -0.1) is 0 Å². The molecule has 3 aromatic rings. The first-order chi connectivity index (χ1) is 11.7. The summed E-state index contributed by atoms with van der Waals surface area (Å²) in [6.45, 7) is 3.21. The lowest BCUT2D eigenvalue weighted by Gasteiger charge is -2.11. The Bertz CT molecular complexity index is 867. The van der Waals surface area contributed by atoms with E-state index in [1.165, 1.54) is 12.1 Å². The number of hydrogen-bond donors (Lipinski definition) is 2. The molecule has 0 unspecified atom stereocenters. The number of nitro groups is 1. The van der Waals surface area contributed by atoms with Crippen LogP contribution in [0.3, 0.4) is 0 Å². The van der Waals surface area contributed by atoms with Gasteiger partial charge in [0.1, 0.15) is 5.82 Å². The van der Waals surface area contributed by atoms with Crippen molar-refractivity contribution in [2.75, 3.05) is 17.2 Å². The molecule has 24 heavy (non-hydrogen) atoms. The van der Waals surface area contributed by atoms with E-state index in [4.69, 9.17) is 0 Å². The van der Waals surface area contributed by atoms with Gasteiger partial charge in [0, 0.05) is 30.6 Å². The molecule has 0 bridgehead atoms. The van der Waals surface area contributed by atoms with E-state index in [1.807, 2.05) is 37.3 Å². The van der Waals surface area contributed by atoms with Gasteiger partial charge in [-0.2, -0.15) is 4.98 Å². The molecule has 122 valence electrons. The highest BCUT2D eigenvalue weighted by Crippen LogP contribution is 2.26. The molecule has 0 atom stereocenters. The lowest BCUT2D eigenvalue weighted by atomic mass is 10.2. The molecule has 0 saturated heterocycles. The van der Waals surface area contributed by atoms with Gasteiger partial charge in [0.2, 0.25) is 5.95 Å². The van der Waals surface area contributed by atoms with Gasteiger partial charge in [-0.25, -0.2) is 4.98 Å². The number of non-ortho nitro benzene ring substituents is 1. The summed E-state index contributed by atoms with van der Waals surface area (Å²) in [4.78, 5) is 19.5. The lowest BCUT2D eigenvalue weighted by Crippen LogP contribution is -2.07. The standard InChI is InChI=1S/C17H17N5O2/c1-2-18-16-14-10-13(22(23)24)8-9-15(14)20-17(21-16)19-11-12-6-4-3-5-7-12/h3-10H,2,11H2,1H3,(H2,18,19,20,21). The fraction of sp³-hybridized carbons (Fsp3) is 0.176. The normalized spacial score (nSPS) is 10.5. The Hall–Kier alpha value is -3.22. The van der Waals surface area contributed by atoms with Crippen LogP contribution in [0.5, 0.6) is 0 Å². The molecule has 1 aromatic heterocycles. The van der Waals surface area contributed by atoms with Crippen molar-refractivity contribution < 1.29 is 4.92 Å². The minimum Gasteiger partial charge on any atom is -0.370 e. The van der Waals surface area contributed by atoms with E-state index >= 15 is 0 Å². The first-order valence-corrected chi connectivity index (χ1v) is 7.65. The van der Waals surface area contributed by atoms with Crippen LogP contribution in [0.2, 0.25) is 0 Å². The van der Waals surface area contributed by atoms with Gasteiger partial charge in [0.15, 0.2) is 0 Å². The zero-order valence-electron chi connectivity index (χ0n) is 13.2. The van der Waals surface area contributed by atoms with E-state index in [9.17, 15) is 10.1 Å². The maximum Gasteiger partial charge on any atom is 0.270 e. The predicted octanol–water partition coefficient (Wildman–Crippen LogP) is 3.58. The fourth-order valence-corrected chi connectivity index (χ4v) is 2.39. The van der Waals surface area contributed by atoms with Crippen LogP contribution in [-0.2, 0) is 6.54 Å². The molecule has 0 fully saturated rings. The maximum atomic E-state index is 11.0. The van der Waals surface area contributed by atoms with Crippen molar-refractivity contribution in [2.45, 2.75) is 13.5 Å². The number of nitrogens with one attached hydrogen (secondary N) is 2. The van der Waals surface area contributed by atoms with Crippen LogP contribution >= 0.6 is 0 Å². The largest absolute Gasteiger partial charge is 0.370 e. The van der Waals surface area contributed by atoms with Crippen LogP contribution in [0.15, 0.2) is 48.5 Å². The van der Waals surface area contributed by atoms with Crippen molar-refractivity contribution in [2.24, 2.45) is 0 Å². The SMILES string of the molecule is CCNc1nc(NCc2ccccc2)nc2ccc([N+](=O)[O-])cc12.